The highest BCUT2D eigenvalue weighted by Gasteiger charge is 2.45. The lowest BCUT2D eigenvalue weighted by Gasteiger charge is -2.22. The summed E-state index contributed by atoms with van der Waals surface area (Å²) >= 11 is 11.3. The molecular weight excluding hydrogens is 447 g/mol. The normalized spacial score (nSPS) is 27.6. The average molecular weight is 467 g/mol. The van der Waals surface area contributed by atoms with E-state index >= 15 is 0 Å². The number of nitrogens with zero attached hydrogens (tertiary/aromatic N) is 4. The monoisotopic (exact) mass is 466 g/mol. The summed E-state index contributed by atoms with van der Waals surface area (Å²) in [6, 6.07) is -0.779. The van der Waals surface area contributed by atoms with Gasteiger partial charge in [-0.15, -0.1) is 0 Å². The van der Waals surface area contributed by atoms with E-state index in [2.05, 4.69) is 24.8 Å². The number of methoxy groups -OCH3 is 1. The van der Waals surface area contributed by atoms with Crippen molar-refractivity contribution in [3.63, 3.8) is 0 Å². The van der Waals surface area contributed by atoms with Crippen molar-refractivity contribution >= 4 is 51.8 Å². The minimum Gasteiger partial charge on any atom is -0.468 e. The predicted molar refractivity (Wildman–Crippen MR) is 106 cm³/mol. The molecule has 3 rings (SSSR count). The van der Waals surface area contributed by atoms with Crippen LogP contribution in [-0.2, 0) is 30.6 Å². The molecule has 0 amide bonds. The molecule has 0 spiro atoms. The molecule has 1 aliphatic heterocycles. The lowest BCUT2D eigenvalue weighted by molar-refractivity contribution is -0.142. The number of ether oxygens (including phenoxy) is 2. The fourth-order valence-corrected chi connectivity index (χ4v) is 5.07. The summed E-state index contributed by atoms with van der Waals surface area (Å²) in [7, 11) is 1.24. The molecule has 0 saturated carbocycles. The van der Waals surface area contributed by atoms with Gasteiger partial charge in [0.1, 0.15) is 36.2 Å². The molecule has 1 saturated heterocycles. The molecule has 3 heterocycles. The molecule has 5 N–H and O–H groups in total. The number of carbonyl (C=O) groups excluding carboxylic acids is 1. The third-order valence-electron chi connectivity index (χ3n) is 4.31. The van der Waals surface area contributed by atoms with Gasteiger partial charge in [-0.3, -0.25) is 9.36 Å². The quantitative estimate of drug-likeness (QED) is 0.310. The number of carbonyl (C=O) groups is 1. The number of nitrogen functional groups attached to an aromatic ring is 1. The highest BCUT2D eigenvalue weighted by Crippen LogP contribution is 2.49. The van der Waals surface area contributed by atoms with Gasteiger partial charge in [0.15, 0.2) is 17.7 Å². The zero-order chi connectivity index (χ0) is 21.3. The van der Waals surface area contributed by atoms with E-state index in [0.29, 0.717) is 11.2 Å². The zero-order valence-electron chi connectivity index (χ0n) is 15.4. The van der Waals surface area contributed by atoms with Crippen LogP contribution in [-0.4, -0.2) is 73.8 Å². The summed E-state index contributed by atoms with van der Waals surface area (Å²) in [6.07, 6.45) is -1.89. The summed E-state index contributed by atoms with van der Waals surface area (Å²) in [5.41, 5.74) is 6.44. The van der Waals surface area contributed by atoms with Crippen molar-refractivity contribution < 1.29 is 29.0 Å². The lowest BCUT2D eigenvalue weighted by atomic mass is 10.1. The molecule has 2 aromatic heterocycles. The molecule has 0 aromatic carbocycles. The first-order valence-electron chi connectivity index (χ1n) is 8.39. The number of rotatable bonds is 7. The number of halogens is 1. The number of nitrogens with one attached hydrogen (secondary N) is 1. The van der Waals surface area contributed by atoms with Crippen molar-refractivity contribution in [3.8, 4) is 0 Å². The summed E-state index contributed by atoms with van der Waals surface area (Å²) in [4.78, 5) is 23.6. The molecule has 0 aliphatic carbocycles. The van der Waals surface area contributed by atoms with Crippen LogP contribution in [0.2, 0.25) is 0 Å². The average Bonchev–Trinajstić information content (AvgIpc) is 3.22. The number of imidazole rings is 1. The van der Waals surface area contributed by atoms with Crippen LogP contribution in [0.3, 0.4) is 0 Å². The summed E-state index contributed by atoms with van der Waals surface area (Å²) < 4.78 is 17.2. The van der Waals surface area contributed by atoms with Crippen LogP contribution in [0.15, 0.2) is 12.7 Å². The van der Waals surface area contributed by atoms with Crippen LogP contribution >= 0.6 is 17.0 Å². The fourth-order valence-electron chi connectivity index (χ4n) is 2.82. The Hall–Kier alpha value is -1.44. The maximum absolute atomic E-state index is 11.5. The van der Waals surface area contributed by atoms with E-state index in [4.69, 9.17) is 38.0 Å². The van der Waals surface area contributed by atoms with Gasteiger partial charge in [-0.05, 0) is 30.0 Å². The van der Waals surface area contributed by atoms with Crippen molar-refractivity contribution in [2.24, 2.45) is 0 Å². The number of aliphatic hydroxyl groups excluding tert-OH is 2. The smallest absolute Gasteiger partial charge is 0.322 e. The molecule has 15 heteroatoms. The maximum atomic E-state index is 11.5. The zero-order valence-corrected chi connectivity index (χ0v) is 17.8. The van der Waals surface area contributed by atoms with Gasteiger partial charge >= 0.3 is 5.97 Å². The van der Waals surface area contributed by atoms with Crippen molar-refractivity contribution in [1.29, 1.82) is 0 Å². The minimum atomic E-state index is -3.11. The highest BCUT2D eigenvalue weighted by molar-refractivity contribution is 8.23. The first-order chi connectivity index (χ1) is 13.6. The molecular formula is C14H20ClN6O6PS. The Morgan fingerprint density at radius 1 is 1.48 bits per heavy atom. The van der Waals surface area contributed by atoms with Gasteiger partial charge in [0.25, 0.3) is 0 Å². The Kier molecular flexibility index (Phi) is 6.70. The van der Waals surface area contributed by atoms with Crippen LogP contribution in [0.4, 0.5) is 5.82 Å². The predicted octanol–water partition coefficient (Wildman–Crippen LogP) is -0.341. The number of anilines is 1. The molecule has 160 valence electrons. The second-order valence-electron chi connectivity index (χ2n) is 6.28. The second kappa shape index (κ2) is 8.74. The van der Waals surface area contributed by atoms with Crippen molar-refractivity contribution in [3.05, 3.63) is 12.7 Å². The van der Waals surface area contributed by atoms with E-state index in [9.17, 15) is 15.0 Å². The lowest BCUT2D eigenvalue weighted by Crippen LogP contribution is -2.35. The molecule has 0 bridgehead atoms. The number of aromatic nitrogens is 4. The topological polar surface area (TPSA) is 167 Å². The van der Waals surface area contributed by atoms with Crippen molar-refractivity contribution in [2.75, 3.05) is 19.5 Å². The minimum absolute atomic E-state index is 0.176. The van der Waals surface area contributed by atoms with Crippen molar-refractivity contribution in [1.82, 2.24) is 24.6 Å². The first kappa shape index (κ1) is 22.2. The summed E-state index contributed by atoms with van der Waals surface area (Å²) in [6.45, 7) is 1.30. The third kappa shape index (κ3) is 4.67. The SMILES string of the molecule is COC(=O)[C@H](C)NP(=S)(Cl)OC[C@H]1O[C@@H](n2cnc3c(N)ncnc32)[C@H](O)[C@@H]1O. The Morgan fingerprint density at radius 3 is 2.90 bits per heavy atom. The van der Waals surface area contributed by atoms with E-state index in [1.54, 1.807) is 0 Å². The van der Waals surface area contributed by atoms with Gasteiger partial charge in [0.2, 0.25) is 5.77 Å². The van der Waals surface area contributed by atoms with Crippen LogP contribution < -0.4 is 10.8 Å². The van der Waals surface area contributed by atoms with E-state index in [1.165, 1.54) is 31.3 Å². The number of fused-ring (bicyclic) bond motifs is 1. The Balaban J connectivity index is 1.69. The van der Waals surface area contributed by atoms with Crippen LogP contribution in [0.1, 0.15) is 13.2 Å². The number of aliphatic hydroxyl groups is 2. The van der Waals surface area contributed by atoms with E-state index in [-0.39, 0.29) is 12.4 Å². The van der Waals surface area contributed by atoms with Gasteiger partial charge in [-0.2, -0.15) is 0 Å². The third-order valence-corrected chi connectivity index (χ3v) is 6.70. The van der Waals surface area contributed by atoms with Crippen molar-refractivity contribution in [2.45, 2.75) is 37.5 Å². The van der Waals surface area contributed by atoms with E-state index in [1.807, 2.05) is 0 Å². The Morgan fingerprint density at radius 2 is 2.21 bits per heavy atom. The second-order valence-corrected chi connectivity index (χ2v) is 11.3. The molecule has 12 nitrogen and oxygen atoms in total. The molecule has 1 fully saturated rings. The van der Waals surface area contributed by atoms with Crippen LogP contribution in [0.5, 0.6) is 0 Å². The van der Waals surface area contributed by atoms with E-state index < -0.39 is 42.3 Å². The molecule has 29 heavy (non-hydrogen) atoms. The largest absolute Gasteiger partial charge is 0.468 e. The molecule has 0 radical (unpaired) electrons. The standard InChI is InChI=1S/C14H20ClN6O6PS/c1-6(14(24)25-2)20-28(15,29)26-3-7-9(22)10(23)13(27-7)21-5-19-8-11(16)17-4-18-12(8)21/h4-7,9-10,13,22-23H,3H2,1-2H3,(H,20,29)(H2,16,17,18)/t6-,7+,9+,10+,13+,28?/m0/s1. The Bertz CT molecular complexity index is 948. The van der Waals surface area contributed by atoms with Gasteiger partial charge in [0.05, 0.1) is 20.0 Å². The summed E-state index contributed by atoms with van der Waals surface area (Å²) in [5, 5.41) is 23.5. The Labute approximate surface area is 175 Å². The van der Waals surface area contributed by atoms with Gasteiger partial charge in [0, 0.05) is 0 Å². The summed E-state index contributed by atoms with van der Waals surface area (Å²) in [5.74, 6) is -3.49. The van der Waals surface area contributed by atoms with E-state index in [0.717, 1.165) is 0 Å². The van der Waals surface area contributed by atoms with Crippen LogP contribution in [0.25, 0.3) is 11.2 Å². The molecule has 2 aromatic rings. The molecule has 6 atom stereocenters. The number of nitrogens with two attached hydrogens (primary N) is 1. The number of hydrogen-bond acceptors (Lipinski definition) is 11. The number of esters is 1. The van der Waals surface area contributed by atoms with Gasteiger partial charge < -0.3 is 29.9 Å². The molecule has 1 aliphatic rings. The van der Waals surface area contributed by atoms with Gasteiger partial charge in [-0.25, -0.2) is 20.0 Å². The first-order valence-corrected chi connectivity index (χ1v) is 12.0. The molecule has 1 unspecified atom stereocenters. The highest BCUT2D eigenvalue weighted by atomic mass is 35.7. The van der Waals surface area contributed by atoms with Gasteiger partial charge in [-0.1, -0.05) is 0 Å². The number of hydrogen-bond donors (Lipinski definition) is 4. The maximum Gasteiger partial charge on any atom is 0.322 e. The van der Waals surface area contributed by atoms with Crippen LogP contribution in [0, 0.1) is 0 Å². The fraction of sp³-hybridized carbons (Fsp3) is 0.571.